The lowest BCUT2D eigenvalue weighted by molar-refractivity contribution is 0.628. The number of pyridine rings is 2. The highest BCUT2D eigenvalue weighted by molar-refractivity contribution is 6.29. The molecule has 0 unspecified atom stereocenters. The van der Waals surface area contributed by atoms with Gasteiger partial charge in [-0.05, 0) is 47.5 Å². The van der Waals surface area contributed by atoms with Crippen LogP contribution in [0.2, 0.25) is 5.15 Å². The predicted molar refractivity (Wildman–Crippen MR) is 88.8 cm³/mol. The third-order valence-electron chi connectivity index (χ3n) is 3.71. The van der Waals surface area contributed by atoms with Crippen molar-refractivity contribution in [1.82, 2.24) is 14.4 Å². The minimum Gasteiger partial charge on any atom is -0.300 e. The maximum Gasteiger partial charge on any atom is 0.137 e. The number of aromatic nitrogens is 3. The van der Waals surface area contributed by atoms with Crippen LogP contribution in [0.1, 0.15) is 0 Å². The van der Waals surface area contributed by atoms with E-state index in [1.807, 2.05) is 28.8 Å². The van der Waals surface area contributed by atoms with Gasteiger partial charge in [0, 0.05) is 18.0 Å². The van der Waals surface area contributed by atoms with E-state index in [1.54, 1.807) is 30.6 Å². The van der Waals surface area contributed by atoms with Crippen LogP contribution < -0.4 is 0 Å². The smallest absolute Gasteiger partial charge is 0.137 e. The zero-order valence-corrected chi connectivity index (χ0v) is 12.7. The second-order valence-corrected chi connectivity index (χ2v) is 5.55. The largest absolute Gasteiger partial charge is 0.300 e. The lowest BCUT2D eigenvalue weighted by Gasteiger charge is -2.05. The first-order valence-electron chi connectivity index (χ1n) is 7.06. The van der Waals surface area contributed by atoms with E-state index < -0.39 is 0 Å². The van der Waals surface area contributed by atoms with E-state index in [2.05, 4.69) is 9.97 Å². The van der Waals surface area contributed by atoms with E-state index in [1.165, 1.54) is 12.1 Å². The Hall–Kier alpha value is -2.72. The van der Waals surface area contributed by atoms with Crippen LogP contribution in [-0.2, 0) is 0 Å². The summed E-state index contributed by atoms with van der Waals surface area (Å²) in [6.45, 7) is 0. The van der Waals surface area contributed by atoms with Gasteiger partial charge >= 0.3 is 0 Å². The van der Waals surface area contributed by atoms with Crippen molar-refractivity contribution in [3.05, 3.63) is 78.1 Å². The molecule has 0 amide bonds. The average Bonchev–Trinajstić information content (AvgIpc) is 2.98. The zero-order chi connectivity index (χ0) is 15.8. The number of benzene rings is 1. The quantitative estimate of drug-likeness (QED) is 0.493. The molecule has 0 aliphatic heterocycles. The Kier molecular flexibility index (Phi) is 3.32. The first-order valence-corrected chi connectivity index (χ1v) is 7.43. The minimum atomic E-state index is -0.243. The summed E-state index contributed by atoms with van der Waals surface area (Å²) in [4.78, 5) is 8.45. The SMILES string of the molecule is Fc1ccc(-c2ccn3c(-c4ccnc(Cl)c4)cnc3c2)cc1. The second-order valence-electron chi connectivity index (χ2n) is 5.16. The molecule has 0 fully saturated rings. The van der Waals surface area contributed by atoms with Crippen molar-refractivity contribution in [3.63, 3.8) is 0 Å². The normalized spacial score (nSPS) is 11.0. The van der Waals surface area contributed by atoms with Crippen LogP contribution in [0.5, 0.6) is 0 Å². The number of hydrogen-bond acceptors (Lipinski definition) is 2. The molecule has 0 bridgehead atoms. The van der Waals surface area contributed by atoms with Crippen molar-refractivity contribution in [2.24, 2.45) is 0 Å². The monoisotopic (exact) mass is 323 g/mol. The van der Waals surface area contributed by atoms with E-state index in [-0.39, 0.29) is 5.82 Å². The summed E-state index contributed by atoms with van der Waals surface area (Å²) < 4.78 is 15.0. The van der Waals surface area contributed by atoms with Gasteiger partial charge in [0.15, 0.2) is 0 Å². The molecule has 3 nitrogen and oxygen atoms in total. The van der Waals surface area contributed by atoms with Gasteiger partial charge in [0.1, 0.15) is 16.6 Å². The Bertz CT molecular complexity index is 993. The number of halogens is 2. The van der Waals surface area contributed by atoms with Crippen molar-refractivity contribution in [2.45, 2.75) is 0 Å². The molecule has 112 valence electrons. The van der Waals surface area contributed by atoms with Gasteiger partial charge in [-0.3, -0.25) is 4.40 Å². The fourth-order valence-electron chi connectivity index (χ4n) is 2.58. The molecule has 4 aromatic rings. The molecule has 0 spiro atoms. The van der Waals surface area contributed by atoms with Gasteiger partial charge in [0.2, 0.25) is 0 Å². The molecule has 0 saturated heterocycles. The van der Waals surface area contributed by atoms with Gasteiger partial charge < -0.3 is 0 Å². The second kappa shape index (κ2) is 5.48. The van der Waals surface area contributed by atoms with Crippen molar-refractivity contribution in [2.75, 3.05) is 0 Å². The molecule has 23 heavy (non-hydrogen) atoms. The third-order valence-corrected chi connectivity index (χ3v) is 3.92. The van der Waals surface area contributed by atoms with E-state index in [0.29, 0.717) is 5.15 Å². The van der Waals surface area contributed by atoms with Gasteiger partial charge in [-0.1, -0.05) is 23.7 Å². The highest BCUT2D eigenvalue weighted by atomic mass is 35.5. The molecular formula is C18H11ClFN3. The van der Waals surface area contributed by atoms with Gasteiger partial charge in [0.05, 0.1) is 11.9 Å². The first-order chi connectivity index (χ1) is 11.2. The van der Waals surface area contributed by atoms with E-state index in [9.17, 15) is 4.39 Å². The molecule has 1 aromatic carbocycles. The minimum absolute atomic E-state index is 0.243. The van der Waals surface area contributed by atoms with Crippen LogP contribution in [0, 0.1) is 5.82 Å². The van der Waals surface area contributed by atoms with E-state index in [4.69, 9.17) is 11.6 Å². The number of rotatable bonds is 2. The van der Waals surface area contributed by atoms with Gasteiger partial charge in [-0.15, -0.1) is 0 Å². The fourth-order valence-corrected chi connectivity index (χ4v) is 2.75. The first kappa shape index (κ1) is 13.9. The molecule has 0 radical (unpaired) electrons. The van der Waals surface area contributed by atoms with Gasteiger partial charge in [-0.2, -0.15) is 0 Å². The van der Waals surface area contributed by atoms with Crippen molar-refractivity contribution >= 4 is 17.2 Å². The van der Waals surface area contributed by atoms with E-state index >= 15 is 0 Å². The molecule has 0 atom stereocenters. The summed E-state index contributed by atoms with van der Waals surface area (Å²) in [5.74, 6) is -0.243. The van der Waals surface area contributed by atoms with Gasteiger partial charge in [-0.25, -0.2) is 14.4 Å². The maximum absolute atomic E-state index is 13.0. The summed E-state index contributed by atoms with van der Waals surface area (Å²) in [5, 5.41) is 0.445. The molecule has 3 heterocycles. The Labute approximate surface area is 137 Å². The molecular weight excluding hydrogens is 313 g/mol. The summed E-state index contributed by atoms with van der Waals surface area (Å²) in [6, 6.07) is 14.1. The summed E-state index contributed by atoms with van der Waals surface area (Å²) >= 11 is 5.96. The standard InChI is InChI=1S/C18H11ClFN3/c19-17-9-14(5-7-21-17)16-11-22-18-10-13(6-8-23(16)18)12-1-3-15(20)4-2-12/h1-11H. The summed E-state index contributed by atoms with van der Waals surface area (Å²) in [7, 11) is 0. The number of fused-ring (bicyclic) bond motifs is 1. The van der Waals surface area contributed by atoms with Crippen LogP contribution in [0.15, 0.2) is 67.1 Å². The van der Waals surface area contributed by atoms with Crippen LogP contribution in [0.4, 0.5) is 4.39 Å². The molecule has 3 aromatic heterocycles. The van der Waals surface area contributed by atoms with Crippen molar-refractivity contribution in [1.29, 1.82) is 0 Å². The highest BCUT2D eigenvalue weighted by Gasteiger charge is 2.08. The molecule has 0 aliphatic carbocycles. The topological polar surface area (TPSA) is 30.2 Å². The fraction of sp³-hybridized carbons (Fsp3) is 0. The van der Waals surface area contributed by atoms with Crippen LogP contribution in [-0.4, -0.2) is 14.4 Å². The Morgan fingerprint density at radius 1 is 0.870 bits per heavy atom. The van der Waals surface area contributed by atoms with E-state index in [0.717, 1.165) is 28.0 Å². The summed E-state index contributed by atoms with van der Waals surface area (Å²) in [5.41, 5.74) is 4.64. The number of hydrogen-bond donors (Lipinski definition) is 0. The van der Waals surface area contributed by atoms with Crippen molar-refractivity contribution in [3.8, 4) is 22.4 Å². The number of imidazole rings is 1. The predicted octanol–water partition coefficient (Wildman–Crippen LogP) is 4.86. The third kappa shape index (κ3) is 2.58. The van der Waals surface area contributed by atoms with Crippen LogP contribution in [0.25, 0.3) is 28.0 Å². The van der Waals surface area contributed by atoms with Crippen LogP contribution >= 0.6 is 11.6 Å². The lowest BCUT2D eigenvalue weighted by atomic mass is 10.1. The highest BCUT2D eigenvalue weighted by Crippen LogP contribution is 2.26. The molecule has 4 rings (SSSR count). The van der Waals surface area contributed by atoms with Crippen LogP contribution in [0.3, 0.4) is 0 Å². The molecule has 5 heteroatoms. The Morgan fingerprint density at radius 3 is 2.48 bits per heavy atom. The summed E-state index contributed by atoms with van der Waals surface area (Å²) in [6.07, 6.45) is 5.42. The molecule has 0 aliphatic rings. The molecule has 0 saturated carbocycles. The van der Waals surface area contributed by atoms with Gasteiger partial charge in [0.25, 0.3) is 0 Å². The zero-order valence-electron chi connectivity index (χ0n) is 11.9. The Morgan fingerprint density at radius 2 is 1.70 bits per heavy atom. The average molecular weight is 324 g/mol. The van der Waals surface area contributed by atoms with Crippen molar-refractivity contribution < 1.29 is 4.39 Å². The molecule has 0 N–H and O–H groups in total. The maximum atomic E-state index is 13.0. The Balaban J connectivity index is 1.81. The number of nitrogens with zero attached hydrogens (tertiary/aromatic N) is 3. The lowest BCUT2D eigenvalue weighted by Crippen LogP contribution is -1.89.